The van der Waals surface area contributed by atoms with Gasteiger partial charge >= 0.3 is 5.71 Å². The van der Waals surface area contributed by atoms with Crippen LogP contribution >= 0.6 is 0 Å². The minimum Gasteiger partial charge on any atom is -0.361 e. The number of carbonyl (C=O) groups excluding carboxylic acids is 1. The van der Waals surface area contributed by atoms with Crippen LogP contribution in [0, 0.1) is 28.6 Å². The molecule has 3 heteroatoms. The topological polar surface area (TPSA) is 53.5 Å². The van der Waals surface area contributed by atoms with Crippen molar-refractivity contribution in [2.45, 2.75) is 52.4 Å². The summed E-state index contributed by atoms with van der Waals surface area (Å²) in [6.45, 7) is 4.57. The molecule has 4 aliphatic carbocycles. The molecule has 0 radical (unpaired) electrons. The van der Waals surface area contributed by atoms with E-state index in [0.29, 0.717) is 29.2 Å². The van der Waals surface area contributed by atoms with E-state index in [1.807, 2.05) is 6.08 Å². The van der Waals surface area contributed by atoms with Gasteiger partial charge in [-0.05, 0) is 49.9 Å². The fraction of sp³-hybridized carbons (Fsp3) is 0.684. The van der Waals surface area contributed by atoms with Crippen molar-refractivity contribution in [3.63, 3.8) is 0 Å². The number of ketones is 1. The average molecular weight is 296 g/mol. The van der Waals surface area contributed by atoms with Gasteiger partial charge in [-0.3, -0.25) is 4.79 Å². The first-order valence-corrected chi connectivity index (χ1v) is 8.65. The molecule has 3 nitrogen and oxygen atoms in total. The number of hydrogen-bond acceptors (Lipinski definition) is 1. The molecular formula is C19H24N2O. The largest absolute Gasteiger partial charge is 0.361 e. The third-order valence-corrected chi connectivity index (χ3v) is 7.39. The van der Waals surface area contributed by atoms with Gasteiger partial charge in [0.1, 0.15) is 5.78 Å². The monoisotopic (exact) mass is 296 g/mol. The Hall–Kier alpha value is -1.47. The van der Waals surface area contributed by atoms with Gasteiger partial charge in [0.2, 0.25) is 0 Å². The van der Waals surface area contributed by atoms with Crippen LogP contribution in [0.4, 0.5) is 0 Å². The van der Waals surface area contributed by atoms with Crippen LogP contribution in [-0.4, -0.2) is 16.3 Å². The lowest BCUT2D eigenvalue weighted by atomic mass is 9.48. The lowest BCUT2D eigenvalue weighted by Gasteiger charge is -2.55. The van der Waals surface area contributed by atoms with Gasteiger partial charge in [-0.1, -0.05) is 25.5 Å². The Bertz CT molecular complexity index is 654. The van der Waals surface area contributed by atoms with E-state index < -0.39 is 0 Å². The van der Waals surface area contributed by atoms with Crippen molar-refractivity contribution in [2.75, 3.05) is 0 Å². The lowest BCUT2D eigenvalue weighted by molar-refractivity contribution is -0.131. The Labute approximate surface area is 132 Å². The number of hydrogen-bond donors (Lipinski definition) is 0. The van der Waals surface area contributed by atoms with E-state index in [1.165, 1.54) is 12.0 Å². The molecule has 0 heterocycles. The highest BCUT2D eigenvalue weighted by molar-refractivity contribution is 6.01. The first kappa shape index (κ1) is 14.1. The summed E-state index contributed by atoms with van der Waals surface area (Å²) in [5, 5.41) is 0. The maximum Gasteiger partial charge on any atom is 0.315 e. The van der Waals surface area contributed by atoms with Crippen molar-refractivity contribution in [2.24, 2.45) is 28.6 Å². The predicted molar refractivity (Wildman–Crippen MR) is 85.2 cm³/mol. The third kappa shape index (κ3) is 1.66. The molecule has 4 aliphatic rings. The normalized spacial score (nSPS) is 46.5. The van der Waals surface area contributed by atoms with Crippen molar-refractivity contribution in [1.82, 2.24) is 0 Å². The highest BCUT2D eigenvalue weighted by Crippen LogP contribution is 2.63. The van der Waals surface area contributed by atoms with Gasteiger partial charge in [0.15, 0.2) is 0 Å². The minimum absolute atomic E-state index is 0.0468. The van der Waals surface area contributed by atoms with Gasteiger partial charge in [0.25, 0.3) is 0 Å². The van der Waals surface area contributed by atoms with E-state index in [1.54, 1.807) is 0 Å². The van der Waals surface area contributed by atoms with Gasteiger partial charge in [-0.2, -0.15) is 4.79 Å². The molecule has 0 unspecified atom stereocenters. The van der Waals surface area contributed by atoms with E-state index in [2.05, 4.69) is 30.8 Å². The van der Waals surface area contributed by atoms with Gasteiger partial charge in [-0.25, -0.2) is 0 Å². The third-order valence-electron chi connectivity index (χ3n) is 7.39. The van der Waals surface area contributed by atoms with E-state index in [9.17, 15) is 4.79 Å². The summed E-state index contributed by atoms with van der Waals surface area (Å²) in [6.07, 6.45) is 12.6. The smallest absolute Gasteiger partial charge is 0.315 e. The van der Waals surface area contributed by atoms with Crippen molar-refractivity contribution in [1.29, 1.82) is 0 Å². The van der Waals surface area contributed by atoms with Crippen molar-refractivity contribution >= 4 is 11.5 Å². The molecule has 0 aromatic heterocycles. The Kier molecular flexibility index (Phi) is 2.90. The number of allylic oxidation sites excluding steroid dienone is 4. The van der Waals surface area contributed by atoms with Crippen molar-refractivity contribution in [3.05, 3.63) is 29.3 Å². The first-order chi connectivity index (χ1) is 10.5. The highest BCUT2D eigenvalue weighted by atomic mass is 16.1. The summed E-state index contributed by atoms with van der Waals surface area (Å²) in [5.74, 6) is 2.40. The number of fused-ring (bicyclic) bond motifs is 5. The minimum atomic E-state index is -0.0468. The first-order valence-electron chi connectivity index (χ1n) is 8.65. The molecule has 0 saturated heterocycles. The van der Waals surface area contributed by atoms with Crippen LogP contribution in [0.25, 0.3) is 5.53 Å². The molecular weight excluding hydrogens is 272 g/mol. The molecule has 3 saturated carbocycles. The Morgan fingerprint density at radius 1 is 1.18 bits per heavy atom. The zero-order valence-electron chi connectivity index (χ0n) is 13.5. The van der Waals surface area contributed by atoms with E-state index in [4.69, 9.17) is 5.53 Å². The van der Waals surface area contributed by atoms with Gasteiger partial charge in [0.05, 0.1) is 0 Å². The van der Waals surface area contributed by atoms with Crippen LogP contribution in [0.1, 0.15) is 52.4 Å². The van der Waals surface area contributed by atoms with Gasteiger partial charge in [-0.15, -0.1) is 0 Å². The SMILES string of the molecule is C[C@]12C=CC(=[N+]=[N-])C=C1CC[C@@H]1[C@@H]2CC[C@]2(C)C(=O)CC[C@@H]12. The predicted octanol–water partition coefficient (Wildman–Crippen LogP) is 3.97. The molecule has 3 fully saturated rings. The van der Waals surface area contributed by atoms with E-state index in [-0.39, 0.29) is 10.8 Å². The second-order valence-corrected chi connectivity index (χ2v) is 8.14. The Morgan fingerprint density at radius 3 is 2.77 bits per heavy atom. The molecule has 116 valence electrons. The van der Waals surface area contributed by atoms with Crippen LogP contribution in [0.15, 0.2) is 23.8 Å². The van der Waals surface area contributed by atoms with Crippen LogP contribution in [0.3, 0.4) is 0 Å². The molecule has 22 heavy (non-hydrogen) atoms. The number of carbonyl (C=O) groups is 1. The number of nitrogens with zero attached hydrogens (tertiary/aromatic N) is 2. The molecule has 5 atom stereocenters. The maximum absolute atomic E-state index is 12.4. The fourth-order valence-corrected chi connectivity index (χ4v) is 6.04. The quantitative estimate of drug-likeness (QED) is 0.493. The molecule has 0 aliphatic heterocycles. The zero-order valence-corrected chi connectivity index (χ0v) is 13.5. The Balaban J connectivity index is 1.72. The summed E-state index contributed by atoms with van der Waals surface area (Å²) in [6, 6.07) is 0. The molecule has 0 N–H and O–H groups in total. The highest BCUT2D eigenvalue weighted by Gasteiger charge is 2.58. The van der Waals surface area contributed by atoms with Crippen LogP contribution in [0.2, 0.25) is 0 Å². The summed E-state index contributed by atoms with van der Waals surface area (Å²) < 4.78 is 0. The summed E-state index contributed by atoms with van der Waals surface area (Å²) in [5.41, 5.74) is 11.2. The molecule has 0 bridgehead atoms. The second-order valence-electron chi connectivity index (χ2n) is 8.14. The summed E-state index contributed by atoms with van der Waals surface area (Å²) in [7, 11) is 0. The maximum atomic E-state index is 12.4. The molecule has 0 amide bonds. The van der Waals surface area contributed by atoms with Crippen LogP contribution in [0.5, 0.6) is 0 Å². The number of rotatable bonds is 0. The molecule has 0 aromatic carbocycles. The van der Waals surface area contributed by atoms with Gasteiger partial charge in [0, 0.05) is 29.4 Å². The number of Topliss-reactive ketones (excluding diaryl/α,β-unsaturated/α-hetero) is 1. The molecule has 4 rings (SSSR count). The fourth-order valence-electron chi connectivity index (χ4n) is 6.04. The van der Waals surface area contributed by atoms with Crippen molar-refractivity contribution in [3.8, 4) is 0 Å². The lowest BCUT2D eigenvalue weighted by Crippen LogP contribution is -2.49. The van der Waals surface area contributed by atoms with E-state index >= 15 is 0 Å². The summed E-state index contributed by atoms with van der Waals surface area (Å²) in [4.78, 5) is 15.7. The second kappa shape index (κ2) is 4.52. The standard InChI is InChI=1S/C19H24N2O/c1-18-9-7-13(21-20)11-12(18)3-4-14-15-5-6-17(22)19(15,2)10-8-16(14)18/h7,9,11,14-16H,3-6,8,10H2,1-2H3/t14-,15-,16-,18-,19-/m0/s1. The van der Waals surface area contributed by atoms with Gasteiger partial charge < -0.3 is 5.53 Å². The Morgan fingerprint density at radius 2 is 2.00 bits per heavy atom. The van der Waals surface area contributed by atoms with Crippen LogP contribution < -0.4 is 0 Å². The summed E-state index contributed by atoms with van der Waals surface area (Å²) >= 11 is 0. The average Bonchev–Trinajstić information content (AvgIpc) is 2.82. The van der Waals surface area contributed by atoms with Crippen LogP contribution in [-0.2, 0) is 4.79 Å². The van der Waals surface area contributed by atoms with E-state index in [0.717, 1.165) is 32.1 Å². The molecule has 0 spiro atoms. The van der Waals surface area contributed by atoms with Crippen molar-refractivity contribution < 1.29 is 9.58 Å². The zero-order chi connectivity index (χ0) is 15.5. The molecule has 0 aromatic rings.